The van der Waals surface area contributed by atoms with Gasteiger partial charge in [-0.15, -0.1) is 0 Å². The van der Waals surface area contributed by atoms with Crippen LogP contribution in [0.15, 0.2) is 29.0 Å². The van der Waals surface area contributed by atoms with Gasteiger partial charge in [0.2, 0.25) is 0 Å². The molecule has 0 saturated heterocycles. The Bertz CT molecular complexity index is 559. The van der Waals surface area contributed by atoms with Crippen LogP contribution in [0.1, 0.15) is 5.56 Å². The number of nitrogens with one attached hydrogen (secondary N) is 1. The van der Waals surface area contributed by atoms with E-state index in [1.54, 1.807) is 0 Å². The first-order valence-corrected chi connectivity index (χ1v) is 6.04. The van der Waals surface area contributed by atoms with E-state index in [2.05, 4.69) is 31.2 Å². The normalized spacial score (nSPS) is 10.3. The summed E-state index contributed by atoms with van der Waals surface area (Å²) >= 11 is 9.27. The van der Waals surface area contributed by atoms with E-state index in [-0.39, 0.29) is 5.15 Å². The number of halogens is 2. The lowest BCUT2D eigenvalue weighted by Gasteiger charge is -2.10. The molecule has 2 aromatic rings. The Morgan fingerprint density at radius 2 is 2.12 bits per heavy atom. The van der Waals surface area contributed by atoms with E-state index >= 15 is 0 Å². The number of hydrogen-bond acceptors (Lipinski definition) is 4. The summed E-state index contributed by atoms with van der Waals surface area (Å²) in [5, 5.41) is 3.36. The van der Waals surface area contributed by atoms with Crippen LogP contribution in [0, 0.1) is 6.92 Å². The summed E-state index contributed by atoms with van der Waals surface area (Å²) in [5.74, 6) is 0.497. The van der Waals surface area contributed by atoms with E-state index < -0.39 is 0 Å². The lowest BCUT2D eigenvalue weighted by Crippen LogP contribution is -2.01. The van der Waals surface area contributed by atoms with Gasteiger partial charge in [-0.1, -0.05) is 17.7 Å². The van der Waals surface area contributed by atoms with Crippen molar-refractivity contribution in [3.8, 4) is 0 Å². The van der Waals surface area contributed by atoms with Crippen molar-refractivity contribution in [3.05, 3.63) is 39.7 Å². The molecule has 0 aliphatic rings. The molecule has 4 nitrogen and oxygen atoms in total. The van der Waals surface area contributed by atoms with Crippen molar-refractivity contribution in [1.29, 1.82) is 0 Å². The quantitative estimate of drug-likeness (QED) is 0.833. The molecule has 0 saturated carbocycles. The number of aromatic nitrogens is 2. The zero-order valence-electron chi connectivity index (χ0n) is 9.04. The molecule has 3 N–H and O–H groups in total. The highest BCUT2D eigenvalue weighted by atomic mass is 79.9. The average molecular weight is 314 g/mol. The van der Waals surface area contributed by atoms with Gasteiger partial charge in [0.25, 0.3) is 0 Å². The Kier molecular flexibility index (Phi) is 3.49. The Morgan fingerprint density at radius 3 is 2.88 bits per heavy atom. The maximum Gasteiger partial charge on any atom is 0.158 e. The first kappa shape index (κ1) is 12.1. The second kappa shape index (κ2) is 4.89. The lowest BCUT2D eigenvalue weighted by molar-refractivity contribution is 1.17. The molecule has 1 aromatic heterocycles. The number of anilines is 3. The molecule has 88 valence electrons. The molecule has 0 aliphatic heterocycles. The molecular weight excluding hydrogens is 304 g/mol. The van der Waals surface area contributed by atoms with Crippen molar-refractivity contribution >= 4 is 44.7 Å². The number of rotatable bonds is 2. The SMILES string of the molecule is Cc1ccc(Br)c(Nc2ncnc(Cl)c2N)c1. The first-order valence-electron chi connectivity index (χ1n) is 4.87. The third-order valence-electron chi connectivity index (χ3n) is 2.21. The van der Waals surface area contributed by atoms with Crippen LogP contribution in [0.5, 0.6) is 0 Å². The fourth-order valence-electron chi connectivity index (χ4n) is 1.34. The van der Waals surface area contributed by atoms with Crippen molar-refractivity contribution in [2.45, 2.75) is 6.92 Å². The van der Waals surface area contributed by atoms with Crippen LogP contribution in [0.25, 0.3) is 0 Å². The van der Waals surface area contributed by atoms with Crippen LogP contribution in [-0.2, 0) is 0 Å². The summed E-state index contributed by atoms with van der Waals surface area (Å²) in [6.07, 6.45) is 1.37. The molecule has 0 atom stereocenters. The third kappa shape index (κ3) is 2.68. The molecule has 6 heteroatoms. The molecule has 2 rings (SSSR count). The molecule has 0 aliphatic carbocycles. The van der Waals surface area contributed by atoms with E-state index in [0.717, 1.165) is 15.7 Å². The van der Waals surface area contributed by atoms with Crippen molar-refractivity contribution in [2.24, 2.45) is 0 Å². The minimum atomic E-state index is 0.242. The van der Waals surface area contributed by atoms with Gasteiger partial charge in [0, 0.05) is 4.47 Å². The van der Waals surface area contributed by atoms with Crippen LogP contribution in [0.3, 0.4) is 0 Å². The molecule has 0 amide bonds. The number of nitrogens with two attached hydrogens (primary N) is 1. The molecule has 0 radical (unpaired) electrons. The lowest BCUT2D eigenvalue weighted by atomic mass is 10.2. The van der Waals surface area contributed by atoms with Crippen LogP contribution in [0.4, 0.5) is 17.2 Å². The second-order valence-electron chi connectivity index (χ2n) is 3.54. The van der Waals surface area contributed by atoms with Crippen LogP contribution >= 0.6 is 27.5 Å². The van der Waals surface area contributed by atoms with Gasteiger partial charge < -0.3 is 11.1 Å². The van der Waals surface area contributed by atoms with Gasteiger partial charge in [-0.25, -0.2) is 9.97 Å². The molecule has 1 heterocycles. The van der Waals surface area contributed by atoms with Gasteiger partial charge in [-0.05, 0) is 40.5 Å². The summed E-state index contributed by atoms with van der Waals surface area (Å²) in [6.45, 7) is 2.01. The summed E-state index contributed by atoms with van der Waals surface area (Å²) in [7, 11) is 0. The fraction of sp³-hybridized carbons (Fsp3) is 0.0909. The van der Waals surface area contributed by atoms with Gasteiger partial charge in [0.05, 0.1) is 5.69 Å². The van der Waals surface area contributed by atoms with Gasteiger partial charge in [0.15, 0.2) is 11.0 Å². The topological polar surface area (TPSA) is 63.8 Å². The Morgan fingerprint density at radius 1 is 1.35 bits per heavy atom. The summed E-state index contributed by atoms with van der Waals surface area (Å²) < 4.78 is 0.928. The molecule has 17 heavy (non-hydrogen) atoms. The van der Waals surface area contributed by atoms with Crippen molar-refractivity contribution < 1.29 is 0 Å². The van der Waals surface area contributed by atoms with E-state index in [0.29, 0.717) is 11.5 Å². The first-order chi connectivity index (χ1) is 8.08. The van der Waals surface area contributed by atoms with Gasteiger partial charge >= 0.3 is 0 Å². The highest BCUT2D eigenvalue weighted by Gasteiger charge is 2.08. The van der Waals surface area contributed by atoms with Crippen LogP contribution < -0.4 is 11.1 Å². The third-order valence-corrected chi connectivity index (χ3v) is 3.20. The number of hydrogen-bond donors (Lipinski definition) is 2. The summed E-state index contributed by atoms with van der Waals surface area (Å²) in [5.41, 5.74) is 8.13. The zero-order chi connectivity index (χ0) is 12.4. The maximum atomic E-state index is 5.82. The summed E-state index contributed by atoms with van der Waals surface area (Å²) in [4.78, 5) is 7.85. The van der Waals surface area contributed by atoms with Crippen molar-refractivity contribution in [2.75, 3.05) is 11.1 Å². The molecule has 0 unspecified atom stereocenters. The van der Waals surface area contributed by atoms with Crippen molar-refractivity contribution in [1.82, 2.24) is 9.97 Å². The smallest absolute Gasteiger partial charge is 0.158 e. The van der Waals surface area contributed by atoms with E-state index in [1.165, 1.54) is 6.33 Å². The molecule has 0 spiro atoms. The Balaban J connectivity index is 2.38. The monoisotopic (exact) mass is 312 g/mol. The molecular formula is C11H10BrClN4. The van der Waals surface area contributed by atoms with E-state index in [1.807, 2.05) is 25.1 Å². The average Bonchev–Trinajstić information content (AvgIpc) is 2.30. The van der Waals surface area contributed by atoms with Gasteiger partial charge in [0.1, 0.15) is 12.0 Å². The van der Waals surface area contributed by atoms with Gasteiger partial charge in [-0.3, -0.25) is 0 Å². The Labute approximate surface area is 112 Å². The molecule has 0 fully saturated rings. The minimum Gasteiger partial charge on any atom is -0.393 e. The largest absolute Gasteiger partial charge is 0.393 e. The van der Waals surface area contributed by atoms with Crippen LogP contribution in [0.2, 0.25) is 5.15 Å². The standard InChI is InChI=1S/C11H10BrClN4/c1-6-2-3-7(12)8(4-6)17-11-9(14)10(13)15-5-16-11/h2-5H,14H2,1H3,(H,15,16,17). The number of benzene rings is 1. The van der Waals surface area contributed by atoms with E-state index in [9.17, 15) is 0 Å². The fourth-order valence-corrected chi connectivity index (χ4v) is 1.82. The highest BCUT2D eigenvalue weighted by molar-refractivity contribution is 9.10. The zero-order valence-corrected chi connectivity index (χ0v) is 11.4. The molecule has 0 bridgehead atoms. The van der Waals surface area contributed by atoms with Gasteiger partial charge in [-0.2, -0.15) is 0 Å². The molecule has 1 aromatic carbocycles. The minimum absolute atomic E-state index is 0.242. The number of aryl methyl sites for hydroxylation is 1. The number of nitrogens with zero attached hydrogens (tertiary/aromatic N) is 2. The van der Waals surface area contributed by atoms with Crippen LogP contribution in [-0.4, -0.2) is 9.97 Å². The second-order valence-corrected chi connectivity index (χ2v) is 4.75. The summed E-state index contributed by atoms with van der Waals surface area (Å²) in [6, 6.07) is 5.95. The van der Waals surface area contributed by atoms with E-state index in [4.69, 9.17) is 17.3 Å². The Hall–Kier alpha value is -1.33. The van der Waals surface area contributed by atoms with Crippen molar-refractivity contribution in [3.63, 3.8) is 0 Å². The highest BCUT2D eigenvalue weighted by Crippen LogP contribution is 2.30. The maximum absolute atomic E-state index is 5.82. The predicted octanol–water partition coefficient (Wildman–Crippen LogP) is 3.53. The predicted molar refractivity (Wildman–Crippen MR) is 73.6 cm³/mol. The number of nitrogen functional groups attached to an aromatic ring is 1.